The molecule has 1 aromatic heterocycles. The monoisotopic (exact) mass is 421 g/mol. The first kappa shape index (κ1) is 19.7. The molecule has 1 heterocycles. The number of hydrogen-bond acceptors (Lipinski definition) is 4. The van der Waals surface area contributed by atoms with E-state index in [4.69, 9.17) is 0 Å². The van der Waals surface area contributed by atoms with Crippen molar-refractivity contribution < 1.29 is 4.39 Å². The number of halogens is 1. The molecule has 0 N–H and O–H groups in total. The highest BCUT2D eigenvalue weighted by atomic mass is 32.2. The third-order valence-electron chi connectivity index (χ3n) is 4.42. The first-order valence-electron chi connectivity index (χ1n) is 9.26. The summed E-state index contributed by atoms with van der Waals surface area (Å²) in [7, 11) is 0. The average Bonchev–Trinajstić information content (AvgIpc) is 3.16. The molecular formula is C23H20FN3S2. The molecule has 4 aromatic rings. The maximum Gasteiger partial charge on any atom is 0.196 e. The number of nitrogens with zero attached hydrogens (tertiary/aromatic N) is 3. The van der Waals surface area contributed by atoms with Gasteiger partial charge in [-0.05, 0) is 42.8 Å². The van der Waals surface area contributed by atoms with E-state index in [9.17, 15) is 4.39 Å². The summed E-state index contributed by atoms with van der Waals surface area (Å²) >= 11 is 3.22. The van der Waals surface area contributed by atoms with Gasteiger partial charge in [0.15, 0.2) is 5.16 Å². The van der Waals surface area contributed by atoms with Gasteiger partial charge in [0.2, 0.25) is 0 Å². The summed E-state index contributed by atoms with van der Waals surface area (Å²) in [6, 6.07) is 25.4. The second kappa shape index (κ2) is 9.29. The maximum absolute atomic E-state index is 14.0. The van der Waals surface area contributed by atoms with Crippen molar-refractivity contribution in [1.82, 2.24) is 14.8 Å². The second-order valence-corrected chi connectivity index (χ2v) is 8.54. The van der Waals surface area contributed by atoms with E-state index in [1.807, 2.05) is 36.4 Å². The van der Waals surface area contributed by atoms with Gasteiger partial charge in [-0.25, -0.2) is 4.39 Å². The van der Waals surface area contributed by atoms with Crippen LogP contribution in [0.4, 0.5) is 4.39 Å². The minimum absolute atomic E-state index is 0.194. The van der Waals surface area contributed by atoms with Crippen LogP contribution in [-0.4, -0.2) is 14.8 Å². The Morgan fingerprint density at radius 2 is 1.52 bits per heavy atom. The van der Waals surface area contributed by atoms with E-state index in [1.54, 1.807) is 23.9 Å². The van der Waals surface area contributed by atoms with Gasteiger partial charge in [0.25, 0.3) is 0 Å². The maximum atomic E-state index is 14.0. The number of rotatable bonds is 7. The van der Waals surface area contributed by atoms with E-state index in [0.29, 0.717) is 17.1 Å². The summed E-state index contributed by atoms with van der Waals surface area (Å²) in [5.41, 5.74) is 2.91. The highest BCUT2D eigenvalue weighted by Gasteiger charge is 2.15. The second-order valence-electron chi connectivity index (χ2n) is 6.55. The molecule has 3 nitrogen and oxygen atoms in total. The number of benzene rings is 3. The van der Waals surface area contributed by atoms with Gasteiger partial charge < -0.3 is 0 Å². The Balaban J connectivity index is 1.58. The van der Waals surface area contributed by atoms with Crippen molar-refractivity contribution in [3.63, 3.8) is 0 Å². The van der Waals surface area contributed by atoms with Crippen LogP contribution in [0.3, 0.4) is 0 Å². The van der Waals surface area contributed by atoms with Gasteiger partial charge in [-0.15, -0.1) is 22.0 Å². The fraction of sp³-hybridized carbons (Fsp3) is 0.130. The molecule has 146 valence electrons. The Hall–Kier alpha value is -2.57. The molecule has 0 spiro atoms. The van der Waals surface area contributed by atoms with Gasteiger partial charge >= 0.3 is 0 Å². The van der Waals surface area contributed by atoms with Gasteiger partial charge in [-0.1, -0.05) is 65.9 Å². The summed E-state index contributed by atoms with van der Waals surface area (Å²) in [5, 5.41) is 9.60. The number of hydrogen-bond donors (Lipinski definition) is 0. The third-order valence-corrected chi connectivity index (χ3v) is 6.40. The lowest BCUT2D eigenvalue weighted by atomic mass is 10.2. The normalized spacial score (nSPS) is 11.0. The summed E-state index contributed by atoms with van der Waals surface area (Å²) in [6.07, 6.45) is 0. The molecule has 0 bridgehead atoms. The first-order chi connectivity index (χ1) is 14.2. The molecule has 0 radical (unpaired) electrons. The zero-order chi connectivity index (χ0) is 20.1. The molecule has 0 amide bonds. The number of aryl methyl sites for hydroxylation is 1. The lowest BCUT2D eigenvalue weighted by Crippen LogP contribution is -2.02. The summed E-state index contributed by atoms with van der Waals surface area (Å²) in [5.74, 6) is 1.88. The van der Waals surface area contributed by atoms with Crippen LogP contribution in [0.2, 0.25) is 0 Å². The predicted octanol–water partition coefficient (Wildman–Crippen LogP) is 6.30. The quantitative estimate of drug-likeness (QED) is 0.328. The van der Waals surface area contributed by atoms with Crippen molar-refractivity contribution in [2.45, 2.75) is 28.5 Å². The van der Waals surface area contributed by atoms with Crippen LogP contribution in [0.1, 0.15) is 17.0 Å². The third kappa shape index (κ3) is 4.89. The lowest BCUT2D eigenvalue weighted by Gasteiger charge is -2.10. The van der Waals surface area contributed by atoms with Crippen molar-refractivity contribution >= 4 is 23.5 Å². The standard InChI is InChI=1S/C23H20FN3S2/c1-17-11-13-20(14-12-17)28-16-22-25-26-23(27(22)19-8-3-2-4-9-19)29-15-18-7-5-6-10-21(18)24/h2-14H,15-16H2,1H3. The topological polar surface area (TPSA) is 30.7 Å². The zero-order valence-corrected chi connectivity index (χ0v) is 17.6. The Morgan fingerprint density at radius 3 is 2.28 bits per heavy atom. The van der Waals surface area contributed by atoms with Crippen molar-refractivity contribution in [2.75, 3.05) is 0 Å². The van der Waals surface area contributed by atoms with Crippen LogP contribution in [0.15, 0.2) is 88.9 Å². The highest BCUT2D eigenvalue weighted by Crippen LogP contribution is 2.29. The van der Waals surface area contributed by atoms with Crippen molar-refractivity contribution in [2.24, 2.45) is 0 Å². The summed E-state index contributed by atoms with van der Waals surface area (Å²) in [4.78, 5) is 1.19. The predicted molar refractivity (Wildman–Crippen MR) is 118 cm³/mol. The molecule has 6 heteroatoms. The highest BCUT2D eigenvalue weighted by molar-refractivity contribution is 7.98. The largest absolute Gasteiger partial charge is 0.273 e. The molecule has 3 aromatic carbocycles. The van der Waals surface area contributed by atoms with E-state index < -0.39 is 0 Å². The fourth-order valence-corrected chi connectivity index (χ4v) is 4.63. The van der Waals surface area contributed by atoms with E-state index in [1.165, 1.54) is 28.3 Å². The Kier molecular flexibility index (Phi) is 6.32. The molecular weight excluding hydrogens is 401 g/mol. The van der Waals surface area contributed by atoms with Crippen molar-refractivity contribution in [3.05, 3.63) is 102 Å². The molecule has 0 aliphatic carbocycles. The molecule has 0 fully saturated rings. The molecule has 0 aliphatic heterocycles. The Morgan fingerprint density at radius 1 is 0.793 bits per heavy atom. The van der Waals surface area contributed by atoms with Gasteiger partial charge in [0, 0.05) is 16.3 Å². The van der Waals surface area contributed by atoms with Crippen LogP contribution in [0, 0.1) is 12.7 Å². The number of aromatic nitrogens is 3. The fourth-order valence-electron chi connectivity index (χ4n) is 2.86. The number of thioether (sulfide) groups is 2. The van der Waals surface area contributed by atoms with E-state index in [0.717, 1.165) is 16.7 Å². The van der Waals surface area contributed by atoms with Crippen molar-refractivity contribution in [1.29, 1.82) is 0 Å². The van der Waals surface area contributed by atoms with Gasteiger partial charge in [-0.2, -0.15) is 0 Å². The van der Waals surface area contributed by atoms with Crippen LogP contribution >= 0.6 is 23.5 Å². The van der Waals surface area contributed by atoms with E-state index >= 15 is 0 Å². The molecule has 0 unspecified atom stereocenters. The minimum Gasteiger partial charge on any atom is -0.273 e. The lowest BCUT2D eigenvalue weighted by molar-refractivity contribution is 0.617. The van der Waals surface area contributed by atoms with Crippen LogP contribution in [0.25, 0.3) is 5.69 Å². The Labute approximate surface area is 178 Å². The first-order valence-corrected chi connectivity index (χ1v) is 11.2. The number of para-hydroxylation sites is 1. The van der Waals surface area contributed by atoms with Gasteiger partial charge in [-0.3, -0.25) is 4.57 Å². The molecule has 0 atom stereocenters. The van der Waals surface area contributed by atoms with Gasteiger partial charge in [0.05, 0.1) is 5.75 Å². The van der Waals surface area contributed by atoms with E-state index in [-0.39, 0.29) is 5.82 Å². The van der Waals surface area contributed by atoms with Crippen molar-refractivity contribution in [3.8, 4) is 5.69 Å². The molecule has 4 rings (SSSR count). The van der Waals surface area contributed by atoms with Gasteiger partial charge in [0.1, 0.15) is 11.6 Å². The summed E-state index contributed by atoms with van der Waals surface area (Å²) in [6.45, 7) is 2.08. The van der Waals surface area contributed by atoms with Crippen LogP contribution in [0.5, 0.6) is 0 Å². The SMILES string of the molecule is Cc1ccc(SCc2nnc(SCc3ccccc3F)n2-c2ccccc2)cc1. The smallest absolute Gasteiger partial charge is 0.196 e. The molecule has 0 saturated heterocycles. The van der Waals surface area contributed by atoms with Crippen LogP contribution < -0.4 is 0 Å². The minimum atomic E-state index is -0.194. The van der Waals surface area contributed by atoms with E-state index in [2.05, 4.69) is 46.0 Å². The summed E-state index contributed by atoms with van der Waals surface area (Å²) < 4.78 is 16.1. The van der Waals surface area contributed by atoms with Crippen LogP contribution in [-0.2, 0) is 11.5 Å². The average molecular weight is 422 g/mol. The zero-order valence-electron chi connectivity index (χ0n) is 16.0. The molecule has 29 heavy (non-hydrogen) atoms. The Bertz CT molecular complexity index is 1080. The molecule has 0 aliphatic rings. The molecule has 0 saturated carbocycles.